The summed E-state index contributed by atoms with van der Waals surface area (Å²) in [6, 6.07) is 17.9. The van der Waals surface area contributed by atoms with E-state index in [0.29, 0.717) is 25.5 Å². The van der Waals surface area contributed by atoms with Gasteiger partial charge >= 0.3 is 0 Å². The molecule has 1 saturated heterocycles. The molecule has 2 aromatic carbocycles. The maximum atomic E-state index is 11.6. The molecule has 1 aromatic heterocycles. The summed E-state index contributed by atoms with van der Waals surface area (Å²) < 4.78 is 23.1. The molecule has 0 atom stereocenters. The van der Waals surface area contributed by atoms with E-state index in [2.05, 4.69) is 10.2 Å². The molecule has 2 heterocycles. The number of hydrogen-bond acceptors (Lipinski definition) is 6. The van der Waals surface area contributed by atoms with Crippen LogP contribution in [0.5, 0.6) is 0 Å². The standard InChI is InChI=1S/C20H22N4O2S/c25-27(26)14-12-24(13-15-27)11-10-21-20-17-8-4-5-9-18(17)22-19(23-20)16-6-2-1-3-7-16/h1-9H,10-15H2,(H,21,22,23). The van der Waals surface area contributed by atoms with Crippen LogP contribution in [-0.4, -0.2) is 61.0 Å². The fourth-order valence-corrected chi connectivity index (χ4v) is 4.51. The Labute approximate surface area is 159 Å². The smallest absolute Gasteiger partial charge is 0.162 e. The summed E-state index contributed by atoms with van der Waals surface area (Å²) in [6.45, 7) is 2.69. The number of nitrogens with one attached hydrogen (secondary N) is 1. The van der Waals surface area contributed by atoms with Gasteiger partial charge in [0, 0.05) is 37.1 Å². The molecule has 0 spiro atoms. The van der Waals surface area contributed by atoms with Gasteiger partial charge in [-0.05, 0) is 12.1 Å². The molecule has 27 heavy (non-hydrogen) atoms. The Bertz CT molecular complexity index is 1020. The second kappa shape index (κ2) is 7.62. The molecule has 3 aromatic rings. The van der Waals surface area contributed by atoms with Crippen LogP contribution in [0.4, 0.5) is 5.82 Å². The summed E-state index contributed by atoms with van der Waals surface area (Å²) in [5, 5.41) is 4.41. The topological polar surface area (TPSA) is 75.2 Å². The molecule has 140 valence electrons. The average Bonchev–Trinajstić information content (AvgIpc) is 2.70. The first-order valence-electron chi connectivity index (χ1n) is 9.10. The lowest BCUT2D eigenvalue weighted by molar-refractivity contribution is 0.307. The van der Waals surface area contributed by atoms with Crippen molar-refractivity contribution in [3.8, 4) is 11.4 Å². The van der Waals surface area contributed by atoms with E-state index in [0.717, 1.165) is 28.8 Å². The lowest BCUT2D eigenvalue weighted by Gasteiger charge is -2.26. The lowest BCUT2D eigenvalue weighted by atomic mass is 10.2. The van der Waals surface area contributed by atoms with E-state index in [1.54, 1.807) is 0 Å². The molecule has 0 aliphatic carbocycles. The third-order valence-electron chi connectivity index (χ3n) is 4.79. The van der Waals surface area contributed by atoms with Gasteiger partial charge in [-0.3, -0.25) is 4.90 Å². The highest BCUT2D eigenvalue weighted by Gasteiger charge is 2.21. The van der Waals surface area contributed by atoms with Gasteiger partial charge in [0.15, 0.2) is 15.7 Å². The van der Waals surface area contributed by atoms with Crippen molar-refractivity contribution in [1.82, 2.24) is 14.9 Å². The highest BCUT2D eigenvalue weighted by Crippen LogP contribution is 2.24. The third kappa shape index (κ3) is 4.26. The summed E-state index contributed by atoms with van der Waals surface area (Å²) in [6.07, 6.45) is 0. The maximum Gasteiger partial charge on any atom is 0.162 e. The number of hydrogen-bond donors (Lipinski definition) is 1. The molecule has 1 aliphatic heterocycles. The Morgan fingerprint density at radius 1 is 0.926 bits per heavy atom. The fraction of sp³-hybridized carbons (Fsp3) is 0.300. The van der Waals surface area contributed by atoms with Crippen LogP contribution in [-0.2, 0) is 9.84 Å². The molecule has 0 bridgehead atoms. The zero-order chi connectivity index (χ0) is 18.7. The summed E-state index contributed by atoms with van der Waals surface area (Å²) in [5.41, 5.74) is 1.88. The molecule has 6 nitrogen and oxygen atoms in total. The van der Waals surface area contributed by atoms with E-state index in [9.17, 15) is 8.42 Å². The predicted octanol–water partition coefficient (Wildman–Crippen LogP) is 2.44. The number of fused-ring (bicyclic) bond motifs is 1. The molecule has 1 aliphatic rings. The van der Waals surface area contributed by atoms with Gasteiger partial charge in [-0.1, -0.05) is 42.5 Å². The highest BCUT2D eigenvalue weighted by molar-refractivity contribution is 7.91. The van der Waals surface area contributed by atoms with Crippen molar-refractivity contribution in [2.24, 2.45) is 0 Å². The van der Waals surface area contributed by atoms with Crippen molar-refractivity contribution in [2.45, 2.75) is 0 Å². The monoisotopic (exact) mass is 382 g/mol. The molecule has 1 fully saturated rings. The van der Waals surface area contributed by atoms with Crippen LogP contribution in [0.1, 0.15) is 0 Å². The Morgan fingerprint density at radius 3 is 2.41 bits per heavy atom. The molecule has 0 radical (unpaired) electrons. The van der Waals surface area contributed by atoms with E-state index in [-0.39, 0.29) is 11.5 Å². The Morgan fingerprint density at radius 2 is 1.63 bits per heavy atom. The zero-order valence-corrected chi connectivity index (χ0v) is 15.8. The summed E-state index contributed by atoms with van der Waals surface area (Å²) in [4.78, 5) is 11.6. The molecule has 1 N–H and O–H groups in total. The normalized spacial score (nSPS) is 17.0. The van der Waals surface area contributed by atoms with Gasteiger partial charge < -0.3 is 5.32 Å². The number of para-hydroxylation sites is 1. The van der Waals surface area contributed by atoms with Crippen LogP contribution in [0.15, 0.2) is 54.6 Å². The predicted molar refractivity (Wildman–Crippen MR) is 109 cm³/mol. The van der Waals surface area contributed by atoms with Crippen LogP contribution in [0, 0.1) is 0 Å². The number of anilines is 1. The van der Waals surface area contributed by atoms with Gasteiger partial charge in [0.05, 0.1) is 17.0 Å². The molecular weight excluding hydrogens is 360 g/mol. The van der Waals surface area contributed by atoms with Gasteiger partial charge in [0.2, 0.25) is 0 Å². The zero-order valence-electron chi connectivity index (χ0n) is 15.0. The van der Waals surface area contributed by atoms with Gasteiger partial charge in [0.1, 0.15) is 5.82 Å². The van der Waals surface area contributed by atoms with Gasteiger partial charge in [0.25, 0.3) is 0 Å². The molecule has 0 unspecified atom stereocenters. The van der Waals surface area contributed by atoms with E-state index in [1.165, 1.54) is 0 Å². The van der Waals surface area contributed by atoms with E-state index >= 15 is 0 Å². The van der Waals surface area contributed by atoms with E-state index < -0.39 is 9.84 Å². The fourth-order valence-electron chi connectivity index (χ4n) is 3.23. The molecular formula is C20H22N4O2S. The highest BCUT2D eigenvalue weighted by atomic mass is 32.2. The quantitative estimate of drug-likeness (QED) is 0.731. The Kier molecular flexibility index (Phi) is 5.05. The number of benzene rings is 2. The average molecular weight is 382 g/mol. The second-order valence-corrected chi connectivity index (χ2v) is 9.00. The van der Waals surface area contributed by atoms with Crippen molar-refractivity contribution in [3.63, 3.8) is 0 Å². The van der Waals surface area contributed by atoms with Crippen LogP contribution in [0.2, 0.25) is 0 Å². The van der Waals surface area contributed by atoms with Gasteiger partial charge in [-0.25, -0.2) is 18.4 Å². The number of aromatic nitrogens is 2. The SMILES string of the molecule is O=S1(=O)CCN(CCNc2nc(-c3ccccc3)nc3ccccc23)CC1. The summed E-state index contributed by atoms with van der Waals surface area (Å²) in [7, 11) is -2.84. The van der Waals surface area contributed by atoms with Crippen LogP contribution in [0.25, 0.3) is 22.3 Å². The van der Waals surface area contributed by atoms with Gasteiger partial charge in [-0.2, -0.15) is 0 Å². The van der Waals surface area contributed by atoms with Crippen molar-refractivity contribution in [1.29, 1.82) is 0 Å². The van der Waals surface area contributed by atoms with Crippen LogP contribution < -0.4 is 5.32 Å². The Balaban J connectivity index is 1.52. The first-order valence-corrected chi connectivity index (χ1v) is 10.9. The molecule has 7 heteroatoms. The summed E-state index contributed by atoms with van der Waals surface area (Å²) >= 11 is 0. The first-order chi connectivity index (χ1) is 13.1. The van der Waals surface area contributed by atoms with E-state index in [1.807, 2.05) is 54.6 Å². The lowest BCUT2D eigenvalue weighted by Crippen LogP contribution is -2.42. The third-order valence-corrected chi connectivity index (χ3v) is 6.40. The molecule has 0 saturated carbocycles. The maximum absolute atomic E-state index is 11.6. The van der Waals surface area contributed by atoms with Crippen molar-refractivity contribution >= 4 is 26.6 Å². The van der Waals surface area contributed by atoms with Gasteiger partial charge in [-0.15, -0.1) is 0 Å². The number of rotatable bonds is 5. The number of nitrogens with zero attached hydrogens (tertiary/aromatic N) is 3. The molecule has 0 amide bonds. The minimum absolute atomic E-state index is 0.252. The van der Waals surface area contributed by atoms with Crippen molar-refractivity contribution in [3.05, 3.63) is 54.6 Å². The minimum Gasteiger partial charge on any atom is -0.368 e. The van der Waals surface area contributed by atoms with Crippen LogP contribution in [0.3, 0.4) is 0 Å². The minimum atomic E-state index is -2.84. The van der Waals surface area contributed by atoms with Crippen molar-refractivity contribution in [2.75, 3.05) is 43.0 Å². The first kappa shape index (κ1) is 17.9. The largest absolute Gasteiger partial charge is 0.368 e. The van der Waals surface area contributed by atoms with Crippen LogP contribution >= 0.6 is 0 Å². The molecule has 4 rings (SSSR count). The summed E-state index contributed by atoms with van der Waals surface area (Å²) in [5.74, 6) is 2.01. The van der Waals surface area contributed by atoms with Crippen molar-refractivity contribution < 1.29 is 8.42 Å². The number of sulfone groups is 1. The van der Waals surface area contributed by atoms with E-state index in [4.69, 9.17) is 9.97 Å². The second-order valence-electron chi connectivity index (χ2n) is 6.70. The Hall–Kier alpha value is -2.51.